The lowest BCUT2D eigenvalue weighted by molar-refractivity contribution is -0.142. The number of para-hydroxylation sites is 1. The molecule has 4 amide bonds. The highest BCUT2D eigenvalue weighted by atomic mass is 16.5. The van der Waals surface area contributed by atoms with Crippen LogP contribution in [0.15, 0.2) is 91.2 Å². The number of benzene rings is 2. The molecule has 57 heavy (non-hydrogen) atoms. The summed E-state index contributed by atoms with van der Waals surface area (Å²) in [6, 6.07) is 18.7. The van der Waals surface area contributed by atoms with Gasteiger partial charge >= 0.3 is 0 Å². The van der Waals surface area contributed by atoms with Crippen molar-refractivity contribution >= 4 is 35.4 Å². The van der Waals surface area contributed by atoms with E-state index in [2.05, 4.69) is 6.92 Å². The van der Waals surface area contributed by atoms with Gasteiger partial charge in [0.05, 0.1) is 66.6 Å². The molecule has 0 spiro atoms. The van der Waals surface area contributed by atoms with Crippen LogP contribution in [0.1, 0.15) is 109 Å². The second-order valence-electron chi connectivity index (χ2n) is 15.9. The van der Waals surface area contributed by atoms with E-state index in [0.29, 0.717) is 18.8 Å². The third-order valence-electron chi connectivity index (χ3n) is 12.0. The summed E-state index contributed by atoms with van der Waals surface area (Å²) in [5.41, 5.74) is 1.48. The molecule has 6 unspecified atom stereocenters. The summed E-state index contributed by atoms with van der Waals surface area (Å²) < 4.78 is 18.3. The zero-order valence-electron chi connectivity index (χ0n) is 33.9. The van der Waals surface area contributed by atoms with Crippen molar-refractivity contribution in [2.24, 2.45) is 23.7 Å². The van der Waals surface area contributed by atoms with Crippen molar-refractivity contribution in [2.75, 3.05) is 18.1 Å². The number of imide groups is 2. The first-order chi connectivity index (χ1) is 27.9. The summed E-state index contributed by atoms with van der Waals surface area (Å²) >= 11 is 0. The van der Waals surface area contributed by atoms with E-state index < -0.39 is 48.1 Å². The van der Waals surface area contributed by atoms with E-state index in [1.807, 2.05) is 55.5 Å². The Bertz CT molecular complexity index is 1710. The summed E-state index contributed by atoms with van der Waals surface area (Å²) in [4.78, 5) is 58.5. The number of nitrogens with zero attached hydrogens (tertiary/aromatic N) is 2. The SMILES string of the molecule is CCCCCCCCCCCCCCCCN1C(=O)C2C(/C=C\C3OC(/C=C\OCC)C4C(=O)N(c5ccccc5)C(=O)[C@@H]34)OC(/C=C\c3ccccc3)[C@@H]2C1=O. The zero-order chi connectivity index (χ0) is 40.0. The Balaban J connectivity index is 1.09. The molecule has 0 radical (unpaired) electrons. The first-order valence-corrected chi connectivity index (χ1v) is 21.7. The molecular weight excluding hydrogens is 717 g/mol. The van der Waals surface area contributed by atoms with Crippen molar-refractivity contribution < 1.29 is 33.4 Å². The number of carbonyl (C=O) groups is 4. The van der Waals surface area contributed by atoms with Crippen molar-refractivity contribution in [3.8, 4) is 0 Å². The molecule has 2 aromatic carbocycles. The van der Waals surface area contributed by atoms with Crippen molar-refractivity contribution in [3.05, 3.63) is 96.8 Å². The summed E-state index contributed by atoms with van der Waals surface area (Å²) in [6.45, 7) is 4.98. The Morgan fingerprint density at radius 3 is 1.47 bits per heavy atom. The van der Waals surface area contributed by atoms with Crippen molar-refractivity contribution in [1.29, 1.82) is 0 Å². The number of fused-ring (bicyclic) bond motifs is 2. The van der Waals surface area contributed by atoms with Gasteiger partial charge in [0.1, 0.15) is 0 Å². The number of rotatable bonds is 23. The molecule has 306 valence electrons. The van der Waals surface area contributed by atoms with Crippen LogP contribution in [0, 0.1) is 23.7 Å². The number of unbranched alkanes of at least 4 members (excludes halogenated alkanes) is 13. The summed E-state index contributed by atoms with van der Waals surface area (Å²) in [7, 11) is 0. The van der Waals surface area contributed by atoms with Crippen molar-refractivity contribution in [3.63, 3.8) is 0 Å². The lowest BCUT2D eigenvalue weighted by atomic mass is 9.87. The van der Waals surface area contributed by atoms with E-state index in [9.17, 15) is 19.2 Å². The lowest BCUT2D eigenvalue weighted by Gasteiger charge is -2.21. The molecule has 4 fully saturated rings. The molecular formula is C48H62N2O7. The topological polar surface area (TPSA) is 102 Å². The number of carbonyl (C=O) groups excluding carboxylic acids is 4. The molecule has 4 aliphatic rings. The van der Waals surface area contributed by atoms with Gasteiger partial charge in [-0.1, -0.05) is 163 Å². The Morgan fingerprint density at radius 1 is 0.526 bits per heavy atom. The molecule has 0 saturated carbocycles. The predicted octanol–water partition coefficient (Wildman–Crippen LogP) is 9.23. The fourth-order valence-electron chi connectivity index (χ4n) is 8.97. The Hall–Kier alpha value is -4.34. The maximum absolute atomic E-state index is 14.1. The van der Waals surface area contributed by atoms with Crippen LogP contribution in [0.4, 0.5) is 5.69 Å². The zero-order valence-corrected chi connectivity index (χ0v) is 33.9. The first-order valence-electron chi connectivity index (χ1n) is 21.7. The Labute approximate surface area is 339 Å². The fraction of sp³-hybridized carbons (Fsp3) is 0.542. The van der Waals surface area contributed by atoms with Gasteiger partial charge in [0.25, 0.3) is 0 Å². The molecule has 4 aliphatic heterocycles. The quantitative estimate of drug-likeness (QED) is 0.0480. The molecule has 2 aromatic rings. The fourth-order valence-corrected chi connectivity index (χ4v) is 8.97. The number of ether oxygens (including phenoxy) is 3. The van der Waals surface area contributed by atoms with Gasteiger partial charge in [-0.05, 0) is 37.1 Å². The molecule has 8 atom stereocenters. The van der Waals surface area contributed by atoms with Crippen LogP contribution in [-0.2, 0) is 33.4 Å². The van der Waals surface area contributed by atoms with E-state index in [-0.39, 0.29) is 23.6 Å². The molecule has 0 aromatic heterocycles. The molecule has 0 bridgehead atoms. The Kier molecular flexibility index (Phi) is 15.9. The average molecular weight is 779 g/mol. The number of hydrogen-bond donors (Lipinski definition) is 0. The minimum Gasteiger partial charge on any atom is -0.502 e. The molecule has 0 aliphatic carbocycles. The van der Waals surface area contributed by atoms with E-state index >= 15 is 0 Å². The minimum absolute atomic E-state index is 0.188. The van der Waals surface area contributed by atoms with Crippen LogP contribution < -0.4 is 4.90 Å². The Morgan fingerprint density at radius 2 is 0.965 bits per heavy atom. The molecule has 9 nitrogen and oxygen atoms in total. The monoisotopic (exact) mass is 778 g/mol. The smallest absolute Gasteiger partial charge is 0.240 e. The largest absolute Gasteiger partial charge is 0.502 e. The molecule has 4 saturated heterocycles. The predicted molar refractivity (Wildman–Crippen MR) is 223 cm³/mol. The van der Waals surface area contributed by atoms with Gasteiger partial charge < -0.3 is 14.2 Å². The van der Waals surface area contributed by atoms with Gasteiger partial charge in [0, 0.05) is 6.54 Å². The van der Waals surface area contributed by atoms with Gasteiger partial charge in [-0.15, -0.1) is 0 Å². The number of anilines is 1. The minimum atomic E-state index is -0.770. The summed E-state index contributed by atoms with van der Waals surface area (Å²) in [5, 5.41) is 0. The standard InChI is InChI=1S/C48H62N2O7/c1-3-5-6-7-8-9-10-11-12-13-14-15-16-23-33-49-45(51)41-37(29-28-35-24-19-17-20-25-35)56-38(42(41)46(49)52)30-31-39-43-44(40(57-39)32-34-55-4-2)48(54)50(47(43)53)36-26-21-18-22-27-36/h17-22,24-32,34,37-44H,3-16,23,33H2,1-2H3/b29-28-,31-30-,34-32-/t37?,38?,39?,40?,41-,42?,43-,44?/m0/s1. The van der Waals surface area contributed by atoms with E-state index in [0.717, 1.165) is 24.8 Å². The molecule has 4 heterocycles. The highest BCUT2D eigenvalue weighted by Crippen LogP contribution is 2.45. The summed E-state index contributed by atoms with van der Waals surface area (Å²) in [5.74, 6) is -3.91. The second-order valence-corrected chi connectivity index (χ2v) is 15.9. The number of likely N-dealkylation sites (tertiary alicyclic amines) is 1. The first kappa shape index (κ1) is 42.3. The second kappa shape index (κ2) is 21.4. The van der Waals surface area contributed by atoms with Crippen LogP contribution in [-0.4, -0.2) is 66.1 Å². The third kappa shape index (κ3) is 10.4. The highest BCUT2D eigenvalue weighted by molar-refractivity contribution is 6.22. The number of amides is 4. The number of hydrogen-bond acceptors (Lipinski definition) is 7. The maximum Gasteiger partial charge on any atom is 0.240 e. The van der Waals surface area contributed by atoms with Crippen LogP contribution >= 0.6 is 0 Å². The third-order valence-corrected chi connectivity index (χ3v) is 12.0. The maximum atomic E-state index is 14.1. The van der Waals surface area contributed by atoms with Crippen molar-refractivity contribution in [2.45, 2.75) is 128 Å². The summed E-state index contributed by atoms with van der Waals surface area (Å²) in [6.07, 6.45) is 25.1. The van der Waals surface area contributed by atoms with E-state index in [4.69, 9.17) is 14.2 Å². The van der Waals surface area contributed by atoms with E-state index in [1.165, 1.54) is 86.7 Å². The van der Waals surface area contributed by atoms with Crippen LogP contribution in [0.25, 0.3) is 6.08 Å². The molecule has 0 N–H and O–H groups in total. The average Bonchev–Trinajstić information content (AvgIpc) is 3.93. The van der Waals surface area contributed by atoms with Gasteiger partial charge in [0.15, 0.2) is 0 Å². The van der Waals surface area contributed by atoms with Gasteiger partial charge in [-0.2, -0.15) is 0 Å². The molecule has 9 heteroatoms. The van der Waals surface area contributed by atoms with Gasteiger partial charge in [-0.25, -0.2) is 4.90 Å². The van der Waals surface area contributed by atoms with Crippen molar-refractivity contribution in [1.82, 2.24) is 4.90 Å². The lowest BCUT2D eigenvalue weighted by Crippen LogP contribution is -2.36. The van der Waals surface area contributed by atoms with Crippen LogP contribution in [0.3, 0.4) is 0 Å². The normalized spacial score (nSPS) is 27.3. The van der Waals surface area contributed by atoms with Gasteiger partial charge in [0.2, 0.25) is 23.6 Å². The van der Waals surface area contributed by atoms with Crippen LogP contribution in [0.5, 0.6) is 0 Å². The molecule has 6 rings (SSSR count). The highest BCUT2D eigenvalue weighted by Gasteiger charge is 2.60. The van der Waals surface area contributed by atoms with E-state index in [1.54, 1.807) is 42.5 Å². The van der Waals surface area contributed by atoms with Gasteiger partial charge in [-0.3, -0.25) is 24.1 Å². The van der Waals surface area contributed by atoms with Crippen LogP contribution in [0.2, 0.25) is 0 Å².